The van der Waals surface area contributed by atoms with Crippen LogP contribution in [-0.4, -0.2) is 11.8 Å². The first kappa shape index (κ1) is 14.6. The maximum absolute atomic E-state index is 13.3. The molecule has 2 aromatic rings. The van der Waals surface area contributed by atoms with Gasteiger partial charge < -0.3 is 10.6 Å². The lowest BCUT2D eigenvalue weighted by atomic mass is 10.2. The Labute approximate surface area is 119 Å². The number of hydrogen-bond donors (Lipinski definition) is 2. The molecule has 2 aromatic carbocycles. The predicted molar refractivity (Wildman–Crippen MR) is 73.3 cm³/mol. The quantitative estimate of drug-likeness (QED) is 0.852. The molecule has 0 radical (unpaired) electrons. The fraction of sp³-hybridized carbons (Fsp3) is 0.0667. The van der Waals surface area contributed by atoms with Gasteiger partial charge >= 0.3 is 11.8 Å². The SMILES string of the molecule is O=C(NCc1ccccc1)C(=O)Nc1ccc(F)cc1F. The minimum atomic E-state index is -1.02. The van der Waals surface area contributed by atoms with Gasteiger partial charge in [-0.05, 0) is 17.7 Å². The number of hydrogen-bond acceptors (Lipinski definition) is 2. The van der Waals surface area contributed by atoms with Crippen LogP contribution in [0.2, 0.25) is 0 Å². The summed E-state index contributed by atoms with van der Waals surface area (Å²) in [7, 11) is 0. The maximum Gasteiger partial charge on any atom is 0.313 e. The largest absolute Gasteiger partial charge is 0.344 e. The van der Waals surface area contributed by atoms with E-state index in [0.29, 0.717) is 6.07 Å². The predicted octanol–water partition coefficient (Wildman–Crippen LogP) is 2.22. The van der Waals surface area contributed by atoms with Crippen molar-refractivity contribution in [3.8, 4) is 0 Å². The number of anilines is 1. The molecule has 108 valence electrons. The van der Waals surface area contributed by atoms with Gasteiger partial charge in [-0.25, -0.2) is 8.78 Å². The summed E-state index contributed by atoms with van der Waals surface area (Å²) in [6.45, 7) is 0.180. The third kappa shape index (κ3) is 4.10. The fourth-order valence-electron chi connectivity index (χ4n) is 1.63. The van der Waals surface area contributed by atoms with E-state index in [0.717, 1.165) is 17.7 Å². The lowest BCUT2D eigenvalue weighted by Gasteiger charge is -2.07. The molecule has 0 aliphatic carbocycles. The number of halogens is 2. The molecule has 0 heterocycles. The Kier molecular flexibility index (Phi) is 4.61. The molecule has 6 heteroatoms. The molecule has 2 amide bonds. The molecular weight excluding hydrogens is 278 g/mol. The third-order valence-corrected chi connectivity index (χ3v) is 2.68. The summed E-state index contributed by atoms with van der Waals surface area (Å²) in [5.74, 6) is -3.63. The standard InChI is InChI=1S/C15H12F2N2O2/c16-11-6-7-13(12(17)8-11)19-15(21)14(20)18-9-10-4-2-1-3-5-10/h1-8H,9H2,(H,18,20)(H,19,21). The van der Waals surface area contributed by atoms with Crippen LogP contribution in [0.4, 0.5) is 14.5 Å². The fourth-order valence-corrected chi connectivity index (χ4v) is 1.63. The number of nitrogens with one attached hydrogen (secondary N) is 2. The minimum Gasteiger partial charge on any atom is -0.344 e. The van der Waals surface area contributed by atoms with Crippen LogP contribution in [0, 0.1) is 11.6 Å². The number of benzene rings is 2. The molecule has 0 saturated heterocycles. The van der Waals surface area contributed by atoms with E-state index in [1.165, 1.54) is 0 Å². The van der Waals surface area contributed by atoms with Crippen LogP contribution >= 0.6 is 0 Å². The van der Waals surface area contributed by atoms with E-state index >= 15 is 0 Å². The average Bonchev–Trinajstić information content (AvgIpc) is 2.48. The van der Waals surface area contributed by atoms with Crippen molar-refractivity contribution in [2.24, 2.45) is 0 Å². The van der Waals surface area contributed by atoms with Gasteiger partial charge in [0.25, 0.3) is 0 Å². The van der Waals surface area contributed by atoms with E-state index in [-0.39, 0.29) is 12.2 Å². The molecule has 0 saturated carbocycles. The van der Waals surface area contributed by atoms with Gasteiger partial charge in [-0.15, -0.1) is 0 Å². The highest BCUT2D eigenvalue weighted by atomic mass is 19.1. The second-order valence-electron chi connectivity index (χ2n) is 4.25. The summed E-state index contributed by atoms with van der Waals surface area (Å²) < 4.78 is 26.1. The number of carbonyl (C=O) groups is 2. The average molecular weight is 290 g/mol. The summed E-state index contributed by atoms with van der Waals surface area (Å²) in [6.07, 6.45) is 0. The summed E-state index contributed by atoms with van der Waals surface area (Å²) in [5.41, 5.74) is 0.572. The third-order valence-electron chi connectivity index (χ3n) is 2.68. The maximum atomic E-state index is 13.3. The highest BCUT2D eigenvalue weighted by Gasteiger charge is 2.15. The lowest BCUT2D eigenvalue weighted by Crippen LogP contribution is -2.35. The summed E-state index contributed by atoms with van der Waals surface area (Å²) >= 11 is 0. The highest BCUT2D eigenvalue weighted by molar-refractivity contribution is 6.39. The zero-order valence-corrected chi connectivity index (χ0v) is 10.9. The van der Waals surface area contributed by atoms with Crippen LogP contribution in [0.5, 0.6) is 0 Å². The van der Waals surface area contributed by atoms with Crippen molar-refractivity contribution in [2.45, 2.75) is 6.54 Å². The molecule has 0 aliphatic heterocycles. The van der Waals surface area contributed by atoms with Crippen LogP contribution in [-0.2, 0) is 16.1 Å². The van der Waals surface area contributed by atoms with E-state index in [9.17, 15) is 18.4 Å². The van der Waals surface area contributed by atoms with Crippen molar-refractivity contribution in [1.29, 1.82) is 0 Å². The Morgan fingerprint density at radius 3 is 2.33 bits per heavy atom. The Balaban J connectivity index is 1.92. The molecule has 0 fully saturated rings. The normalized spacial score (nSPS) is 10.0. The van der Waals surface area contributed by atoms with Crippen molar-refractivity contribution < 1.29 is 18.4 Å². The molecule has 0 unspecified atom stereocenters. The Hall–Kier alpha value is -2.76. The van der Waals surface area contributed by atoms with Gasteiger partial charge in [0.05, 0.1) is 5.69 Å². The van der Waals surface area contributed by atoms with E-state index in [2.05, 4.69) is 10.6 Å². The Morgan fingerprint density at radius 1 is 0.952 bits per heavy atom. The lowest BCUT2D eigenvalue weighted by molar-refractivity contribution is -0.136. The zero-order valence-electron chi connectivity index (χ0n) is 10.9. The summed E-state index contributed by atoms with van der Waals surface area (Å²) in [4.78, 5) is 23.2. The van der Waals surface area contributed by atoms with E-state index in [1.807, 2.05) is 6.07 Å². The van der Waals surface area contributed by atoms with Crippen molar-refractivity contribution in [1.82, 2.24) is 5.32 Å². The Bertz CT molecular complexity index is 660. The molecule has 4 nitrogen and oxygen atoms in total. The first-order chi connectivity index (χ1) is 10.1. The topological polar surface area (TPSA) is 58.2 Å². The van der Waals surface area contributed by atoms with Crippen LogP contribution in [0.1, 0.15) is 5.56 Å². The van der Waals surface area contributed by atoms with Crippen LogP contribution < -0.4 is 10.6 Å². The van der Waals surface area contributed by atoms with Crippen LogP contribution in [0.25, 0.3) is 0 Å². The number of rotatable bonds is 3. The zero-order chi connectivity index (χ0) is 15.2. The van der Waals surface area contributed by atoms with Gasteiger partial charge in [0.2, 0.25) is 0 Å². The van der Waals surface area contributed by atoms with Crippen LogP contribution in [0.3, 0.4) is 0 Å². The molecule has 0 aliphatic rings. The van der Waals surface area contributed by atoms with Gasteiger partial charge in [0.1, 0.15) is 11.6 Å². The second kappa shape index (κ2) is 6.60. The molecule has 2 rings (SSSR count). The van der Waals surface area contributed by atoms with Gasteiger partial charge in [0.15, 0.2) is 0 Å². The molecule has 21 heavy (non-hydrogen) atoms. The monoisotopic (exact) mass is 290 g/mol. The van der Waals surface area contributed by atoms with Crippen molar-refractivity contribution in [3.05, 3.63) is 65.7 Å². The second-order valence-corrected chi connectivity index (χ2v) is 4.25. The van der Waals surface area contributed by atoms with E-state index < -0.39 is 23.4 Å². The molecule has 0 atom stereocenters. The number of carbonyl (C=O) groups excluding carboxylic acids is 2. The summed E-state index contributed by atoms with van der Waals surface area (Å²) in [6, 6.07) is 11.7. The van der Waals surface area contributed by atoms with Crippen molar-refractivity contribution in [2.75, 3.05) is 5.32 Å². The first-order valence-electron chi connectivity index (χ1n) is 6.14. The molecule has 0 spiro atoms. The van der Waals surface area contributed by atoms with Gasteiger partial charge in [0, 0.05) is 12.6 Å². The van der Waals surface area contributed by atoms with Gasteiger partial charge in [-0.1, -0.05) is 30.3 Å². The van der Waals surface area contributed by atoms with Crippen molar-refractivity contribution in [3.63, 3.8) is 0 Å². The van der Waals surface area contributed by atoms with E-state index in [4.69, 9.17) is 0 Å². The first-order valence-corrected chi connectivity index (χ1v) is 6.14. The smallest absolute Gasteiger partial charge is 0.313 e. The van der Waals surface area contributed by atoms with Gasteiger partial charge in [-0.2, -0.15) is 0 Å². The van der Waals surface area contributed by atoms with E-state index in [1.54, 1.807) is 24.3 Å². The molecule has 2 N–H and O–H groups in total. The Morgan fingerprint density at radius 2 is 1.67 bits per heavy atom. The number of amides is 2. The summed E-state index contributed by atoms with van der Waals surface area (Å²) in [5, 5.41) is 4.48. The highest BCUT2D eigenvalue weighted by Crippen LogP contribution is 2.14. The molecule has 0 aromatic heterocycles. The van der Waals surface area contributed by atoms with Crippen molar-refractivity contribution >= 4 is 17.5 Å². The van der Waals surface area contributed by atoms with Crippen LogP contribution in [0.15, 0.2) is 48.5 Å². The molecule has 0 bridgehead atoms. The molecular formula is C15H12F2N2O2. The van der Waals surface area contributed by atoms with Gasteiger partial charge in [-0.3, -0.25) is 9.59 Å². The minimum absolute atomic E-state index is 0.180.